The van der Waals surface area contributed by atoms with Crippen LogP contribution in [0.5, 0.6) is 0 Å². The molecule has 0 amide bonds. The van der Waals surface area contributed by atoms with E-state index in [9.17, 15) is 13.2 Å². The first kappa shape index (κ1) is 20.5. The molecule has 2 rings (SSSR count). The second-order valence-electron chi connectivity index (χ2n) is 6.66. The van der Waals surface area contributed by atoms with Gasteiger partial charge in [-0.05, 0) is 69.2 Å². The Balaban J connectivity index is 1.98. The zero-order valence-corrected chi connectivity index (χ0v) is 16.9. The molecule has 2 heterocycles. The lowest BCUT2D eigenvalue weighted by Gasteiger charge is -2.05. The Labute approximate surface area is 157 Å². The van der Waals surface area contributed by atoms with Gasteiger partial charge in [-0.15, -0.1) is 22.7 Å². The maximum Gasteiger partial charge on any atom is 0.389 e. The van der Waals surface area contributed by atoms with Crippen LogP contribution >= 0.6 is 22.7 Å². The average molecular weight is 389 g/mol. The molecule has 140 valence electrons. The van der Waals surface area contributed by atoms with Gasteiger partial charge >= 0.3 is 6.18 Å². The van der Waals surface area contributed by atoms with Gasteiger partial charge in [-0.2, -0.15) is 13.2 Å². The summed E-state index contributed by atoms with van der Waals surface area (Å²) in [5.74, 6) is 0. The third-order valence-corrected chi connectivity index (χ3v) is 6.87. The normalized spacial score (nSPS) is 12.1. The van der Waals surface area contributed by atoms with Gasteiger partial charge in [-0.25, -0.2) is 0 Å². The van der Waals surface area contributed by atoms with Crippen LogP contribution in [0.2, 0.25) is 0 Å². The smallest absolute Gasteiger partial charge is 0.171 e. The van der Waals surface area contributed by atoms with Gasteiger partial charge in [0.25, 0.3) is 0 Å². The first-order chi connectivity index (χ1) is 11.8. The van der Waals surface area contributed by atoms with Gasteiger partial charge in [0.15, 0.2) is 0 Å². The fourth-order valence-corrected chi connectivity index (χ4v) is 5.20. The largest absolute Gasteiger partial charge is 0.389 e. The molecule has 25 heavy (non-hydrogen) atoms. The number of aryl methyl sites for hydroxylation is 4. The van der Waals surface area contributed by atoms with Gasteiger partial charge in [0.2, 0.25) is 0 Å². The van der Waals surface area contributed by atoms with E-state index < -0.39 is 12.6 Å². The monoisotopic (exact) mass is 388 g/mol. The van der Waals surface area contributed by atoms with Gasteiger partial charge in [0.05, 0.1) is 0 Å². The van der Waals surface area contributed by atoms with Crippen molar-refractivity contribution in [1.82, 2.24) is 0 Å². The fourth-order valence-electron chi connectivity index (χ4n) is 2.99. The molecule has 2 aromatic rings. The minimum Gasteiger partial charge on any atom is -0.171 e. The topological polar surface area (TPSA) is 0 Å². The fraction of sp³-hybridized carbons (Fsp3) is 0.600. The van der Waals surface area contributed by atoms with Crippen LogP contribution in [-0.2, 0) is 12.8 Å². The number of thiophene rings is 2. The minimum atomic E-state index is -4.03. The lowest BCUT2D eigenvalue weighted by molar-refractivity contribution is -0.135. The zero-order chi connectivity index (χ0) is 18.4. The quantitative estimate of drug-likeness (QED) is 0.381. The molecule has 0 atom stereocenters. The molecule has 0 spiro atoms. The van der Waals surface area contributed by atoms with E-state index >= 15 is 0 Å². The molecule has 0 nitrogen and oxygen atoms in total. The Bertz CT molecular complexity index is 665. The number of alkyl halides is 3. The van der Waals surface area contributed by atoms with Crippen LogP contribution in [-0.4, -0.2) is 6.18 Å². The summed E-state index contributed by atoms with van der Waals surface area (Å²) in [6.45, 7) is 6.49. The number of hydrogen-bond donors (Lipinski definition) is 0. The minimum absolute atomic E-state index is 0.216. The summed E-state index contributed by atoms with van der Waals surface area (Å²) in [7, 11) is 0. The van der Waals surface area contributed by atoms with Crippen molar-refractivity contribution in [2.45, 2.75) is 78.3 Å². The molecular weight excluding hydrogens is 361 g/mol. The highest BCUT2D eigenvalue weighted by Crippen LogP contribution is 2.38. The summed E-state index contributed by atoms with van der Waals surface area (Å²) in [4.78, 5) is 5.20. The van der Waals surface area contributed by atoms with Crippen LogP contribution in [0.1, 0.15) is 66.3 Å². The van der Waals surface area contributed by atoms with Crippen LogP contribution < -0.4 is 0 Å². The summed E-state index contributed by atoms with van der Waals surface area (Å²) in [6.07, 6.45) is 1.74. The highest BCUT2D eigenvalue weighted by molar-refractivity contribution is 7.22. The highest BCUT2D eigenvalue weighted by Gasteiger charge is 2.25. The molecule has 0 aliphatic rings. The lowest BCUT2D eigenvalue weighted by Crippen LogP contribution is -2.06. The third-order valence-electron chi connectivity index (χ3n) is 4.49. The van der Waals surface area contributed by atoms with Crippen LogP contribution in [0.4, 0.5) is 13.2 Å². The molecular formula is C20H27F3S2. The van der Waals surface area contributed by atoms with Crippen molar-refractivity contribution < 1.29 is 13.2 Å². The number of hydrogen-bond acceptors (Lipinski definition) is 2. The van der Waals surface area contributed by atoms with Gasteiger partial charge in [-0.3, -0.25) is 0 Å². The molecule has 0 fully saturated rings. The highest BCUT2D eigenvalue weighted by atomic mass is 32.1. The third kappa shape index (κ3) is 6.45. The number of unbranched alkanes of at least 4 members (excludes halogenated alkanes) is 3. The summed E-state index contributed by atoms with van der Waals surface area (Å²) in [5, 5.41) is 0. The molecule has 2 aromatic heterocycles. The average Bonchev–Trinajstić information content (AvgIpc) is 3.07. The van der Waals surface area contributed by atoms with E-state index in [1.807, 2.05) is 11.3 Å². The van der Waals surface area contributed by atoms with E-state index in [2.05, 4.69) is 32.9 Å². The van der Waals surface area contributed by atoms with Crippen LogP contribution in [0.25, 0.3) is 9.75 Å². The van der Waals surface area contributed by atoms with Crippen molar-refractivity contribution in [2.24, 2.45) is 0 Å². The van der Waals surface area contributed by atoms with E-state index in [1.54, 1.807) is 11.3 Å². The Morgan fingerprint density at radius 2 is 1.28 bits per heavy atom. The molecule has 0 radical (unpaired) electrons. The van der Waals surface area contributed by atoms with Gasteiger partial charge < -0.3 is 0 Å². The van der Waals surface area contributed by atoms with E-state index in [4.69, 9.17) is 0 Å². The van der Waals surface area contributed by atoms with Crippen LogP contribution in [0, 0.1) is 13.8 Å². The van der Waals surface area contributed by atoms with E-state index in [0.717, 1.165) is 12.8 Å². The van der Waals surface area contributed by atoms with Crippen molar-refractivity contribution in [3.63, 3.8) is 0 Å². The molecule has 5 heteroatoms. The second kappa shape index (κ2) is 9.22. The second-order valence-corrected chi connectivity index (χ2v) is 9.18. The first-order valence-corrected chi connectivity index (χ1v) is 10.7. The Hall–Kier alpha value is -0.810. The maximum absolute atomic E-state index is 12.2. The maximum atomic E-state index is 12.2. The van der Waals surface area contributed by atoms with Gasteiger partial charge in [-0.1, -0.05) is 19.8 Å². The summed E-state index contributed by atoms with van der Waals surface area (Å²) >= 11 is 3.61. The zero-order valence-electron chi connectivity index (χ0n) is 15.3. The van der Waals surface area contributed by atoms with Gasteiger partial charge in [0, 0.05) is 25.9 Å². The van der Waals surface area contributed by atoms with Crippen molar-refractivity contribution >= 4 is 22.7 Å². The van der Waals surface area contributed by atoms with Crippen molar-refractivity contribution in [1.29, 1.82) is 0 Å². The SMILES string of the molecule is CCCCCc1cc(-c2cc(CCCCC(F)(F)F)c(C)s2)sc1C. The van der Waals surface area contributed by atoms with E-state index in [-0.39, 0.29) is 6.42 Å². The molecule has 0 bridgehead atoms. The predicted molar refractivity (Wildman–Crippen MR) is 104 cm³/mol. The Morgan fingerprint density at radius 1 is 0.800 bits per heavy atom. The lowest BCUT2D eigenvalue weighted by atomic mass is 10.1. The molecule has 0 aliphatic carbocycles. The number of rotatable bonds is 9. The van der Waals surface area contributed by atoms with E-state index in [0.29, 0.717) is 6.42 Å². The summed E-state index contributed by atoms with van der Waals surface area (Å²) in [5.41, 5.74) is 2.66. The Morgan fingerprint density at radius 3 is 1.72 bits per heavy atom. The van der Waals surface area contributed by atoms with Crippen molar-refractivity contribution in [3.05, 3.63) is 33.0 Å². The molecule has 0 saturated carbocycles. The molecule has 0 unspecified atom stereocenters. The van der Waals surface area contributed by atoms with Crippen LogP contribution in [0.3, 0.4) is 0 Å². The molecule has 0 aromatic carbocycles. The van der Waals surface area contributed by atoms with Gasteiger partial charge in [0.1, 0.15) is 0 Å². The summed E-state index contributed by atoms with van der Waals surface area (Å²) < 4.78 is 36.7. The molecule has 0 aliphatic heterocycles. The Kier molecular flexibility index (Phi) is 7.56. The summed E-state index contributed by atoms with van der Waals surface area (Å²) in [6, 6.07) is 4.50. The van der Waals surface area contributed by atoms with Crippen molar-refractivity contribution in [3.8, 4) is 9.75 Å². The first-order valence-electron chi connectivity index (χ1n) is 9.06. The molecule has 0 saturated heterocycles. The predicted octanol–water partition coefficient (Wildman–Crippen LogP) is 8.10. The number of halogens is 3. The van der Waals surface area contributed by atoms with Crippen LogP contribution in [0.15, 0.2) is 12.1 Å². The molecule has 0 N–H and O–H groups in total. The standard InChI is InChI=1S/C20H27F3S2/c1-4-5-6-9-16-12-18(24-14(16)2)19-13-17(15(3)25-19)10-7-8-11-20(21,22)23/h12-13H,4-11H2,1-3H3. The van der Waals surface area contributed by atoms with E-state index in [1.165, 1.54) is 49.9 Å². The van der Waals surface area contributed by atoms with Crippen molar-refractivity contribution in [2.75, 3.05) is 0 Å².